The first-order chi connectivity index (χ1) is 10.7. The standard InChI is InChI=1S/C17H23FN2O2/c1-22-16-6-2-12(10-15(16)18)3-7-17(21)20-9-8-13-4-5-14(11-20)19-13/h2,6,10,13-14,19H,3-5,7-9,11H2,1H3. The number of methoxy groups -OCH3 is 1. The van der Waals surface area contributed by atoms with E-state index < -0.39 is 0 Å². The number of amides is 1. The van der Waals surface area contributed by atoms with Crippen LogP contribution in [0.5, 0.6) is 5.75 Å². The van der Waals surface area contributed by atoms with Crippen molar-refractivity contribution in [2.75, 3.05) is 20.2 Å². The lowest BCUT2D eigenvalue weighted by molar-refractivity contribution is -0.131. The van der Waals surface area contributed by atoms with Gasteiger partial charge >= 0.3 is 0 Å². The van der Waals surface area contributed by atoms with Crippen molar-refractivity contribution < 1.29 is 13.9 Å². The van der Waals surface area contributed by atoms with Gasteiger partial charge in [0.05, 0.1) is 7.11 Å². The van der Waals surface area contributed by atoms with Crippen molar-refractivity contribution in [1.29, 1.82) is 0 Å². The van der Waals surface area contributed by atoms with Crippen molar-refractivity contribution in [2.45, 2.75) is 44.2 Å². The molecule has 3 rings (SSSR count). The molecule has 120 valence electrons. The molecule has 0 radical (unpaired) electrons. The van der Waals surface area contributed by atoms with Gasteiger partial charge in [-0.2, -0.15) is 0 Å². The quantitative estimate of drug-likeness (QED) is 0.926. The second kappa shape index (κ2) is 6.65. The molecule has 1 aromatic rings. The Morgan fingerprint density at radius 1 is 1.36 bits per heavy atom. The summed E-state index contributed by atoms with van der Waals surface area (Å²) >= 11 is 0. The smallest absolute Gasteiger partial charge is 0.222 e. The molecule has 22 heavy (non-hydrogen) atoms. The molecule has 0 aromatic heterocycles. The summed E-state index contributed by atoms with van der Waals surface area (Å²) in [7, 11) is 1.45. The third-order valence-electron chi connectivity index (χ3n) is 4.72. The fraction of sp³-hybridized carbons (Fsp3) is 0.588. The Kier molecular flexibility index (Phi) is 4.62. The van der Waals surface area contributed by atoms with E-state index in [1.165, 1.54) is 19.6 Å². The van der Waals surface area contributed by atoms with Gasteiger partial charge in [0.25, 0.3) is 0 Å². The van der Waals surface area contributed by atoms with E-state index in [0.717, 1.165) is 31.5 Å². The molecule has 2 atom stereocenters. The van der Waals surface area contributed by atoms with Gasteiger partial charge in [0.2, 0.25) is 5.91 Å². The molecule has 0 spiro atoms. The van der Waals surface area contributed by atoms with E-state index in [0.29, 0.717) is 24.9 Å². The minimum absolute atomic E-state index is 0.172. The summed E-state index contributed by atoms with van der Waals surface area (Å²) in [6.07, 6.45) is 4.44. The van der Waals surface area contributed by atoms with Gasteiger partial charge in [0.1, 0.15) is 0 Å². The average Bonchev–Trinajstić information content (AvgIpc) is 2.84. The molecule has 2 unspecified atom stereocenters. The van der Waals surface area contributed by atoms with E-state index in [2.05, 4.69) is 5.32 Å². The van der Waals surface area contributed by atoms with Crippen LogP contribution in [0.4, 0.5) is 4.39 Å². The summed E-state index contributed by atoms with van der Waals surface area (Å²) in [5, 5.41) is 3.57. The summed E-state index contributed by atoms with van der Waals surface area (Å²) in [6.45, 7) is 1.65. The number of nitrogens with zero attached hydrogens (tertiary/aromatic N) is 1. The second-order valence-electron chi connectivity index (χ2n) is 6.24. The number of likely N-dealkylation sites (tertiary alicyclic amines) is 1. The number of rotatable bonds is 4. The number of benzene rings is 1. The lowest BCUT2D eigenvalue weighted by Gasteiger charge is -2.24. The molecule has 1 aromatic carbocycles. The van der Waals surface area contributed by atoms with Gasteiger partial charge < -0.3 is 15.0 Å². The van der Waals surface area contributed by atoms with Crippen molar-refractivity contribution in [1.82, 2.24) is 10.2 Å². The molecule has 2 heterocycles. The maximum Gasteiger partial charge on any atom is 0.222 e. The van der Waals surface area contributed by atoms with Crippen LogP contribution in [0.25, 0.3) is 0 Å². The molecular formula is C17H23FN2O2. The fourth-order valence-corrected chi connectivity index (χ4v) is 3.44. The van der Waals surface area contributed by atoms with Gasteiger partial charge in [-0.1, -0.05) is 6.07 Å². The van der Waals surface area contributed by atoms with Gasteiger partial charge in [0.15, 0.2) is 11.6 Å². The molecule has 2 aliphatic rings. The van der Waals surface area contributed by atoms with Crippen molar-refractivity contribution >= 4 is 5.91 Å². The molecule has 4 nitrogen and oxygen atoms in total. The van der Waals surface area contributed by atoms with E-state index >= 15 is 0 Å². The molecule has 0 saturated carbocycles. The molecule has 2 fully saturated rings. The molecule has 1 N–H and O–H groups in total. The van der Waals surface area contributed by atoms with Gasteiger partial charge in [0, 0.05) is 31.6 Å². The van der Waals surface area contributed by atoms with Crippen LogP contribution in [0.15, 0.2) is 18.2 Å². The summed E-state index contributed by atoms with van der Waals surface area (Å²) in [6, 6.07) is 5.93. The maximum absolute atomic E-state index is 13.7. The number of nitrogens with one attached hydrogen (secondary N) is 1. The number of carbonyl (C=O) groups excluding carboxylic acids is 1. The molecule has 2 bridgehead atoms. The van der Waals surface area contributed by atoms with Crippen LogP contribution in [0.3, 0.4) is 0 Å². The molecule has 2 saturated heterocycles. The molecule has 5 heteroatoms. The maximum atomic E-state index is 13.7. The number of carbonyl (C=O) groups is 1. The first-order valence-electron chi connectivity index (χ1n) is 8.02. The fourth-order valence-electron chi connectivity index (χ4n) is 3.44. The Balaban J connectivity index is 1.54. The third kappa shape index (κ3) is 3.40. The summed E-state index contributed by atoms with van der Waals surface area (Å²) in [5.41, 5.74) is 0.834. The Morgan fingerprint density at radius 3 is 2.95 bits per heavy atom. The van der Waals surface area contributed by atoms with Crippen LogP contribution in [0.1, 0.15) is 31.2 Å². The van der Waals surface area contributed by atoms with Crippen LogP contribution in [0.2, 0.25) is 0 Å². The Morgan fingerprint density at radius 2 is 2.18 bits per heavy atom. The zero-order valence-corrected chi connectivity index (χ0v) is 13.0. The van der Waals surface area contributed by atoms with Gasteiger partial charge in [-0.15, -0.1) is 0 Å². The van der Waals surface area contributed by atoms with Crippen LogP contribution < -0.4 is 10.1 Å². The average molecular weight is 306 g/mol. The Bertz CT molecular complexity index is 549. The Labute approximate surface area is 130 Å². The predicted octanol–water partition coefficient (Wildman–Crippen LogP) is 2.12. The van der Waals surface area contributed by atoms with E-state index in [1.54, 1.807) is 6.07 Å². The van der Waals surface area contributed by atoms with Crippen molar-refractivity contribution in [3.8, 4) is 5.75 Å². The summed E-state index contributed by atoms with van der Waals surface area (Å²) in [5.74, 6) is 0.0407. The van der Waals surface area contributed by atoms with Gasteiger partial charge in [-0.3, -0.25) is 4.79 Å². The number of aryl methyl sites for hydroxylation is 1. The first-order valence-corrected chi connectivity index (χ1v) is 8.02. The number of hydrogen-bond donors (Lipinski definition) is 1. The van der Waals surface area contributed by atoms with Gasteiger partial charge in [-0.25, -0.2) is 4.39 Å². The first kappa shape index (κ1) is 15.3. The van der Waals surface area contributed by atoms with Crippen LogP contribution in [0, 0.1) is 5.82 Å². The van der Waals surface area contributed by atoms with Crippen molar-refractivity contribution in [3.05, 3.63) is 29.6 Å². The molecular weight excluding hydrogens is 283 g/mol. The highest BCUT2D eigenvalue weighted by Crippen LogP contribution is 2.22. The van der Waals surface area contributed by atoms with E-state index in [1.807, 2.05) is 11.0 Å². The largest absolute Gasteiger partial charge is 0.494 e. The van der Waals surface area contributed by atoms with Crippen LogP contribution >= 0.6 is 0 Å². The van der Waals surface area contributed by atoms with E-state index in [-0.39, 0.29) is 17.5 Å². The molecule has 0 aliphatic carbocycles. The molecule has 1 amide bonds. The van der Waals surface area contributed by atoms with Gasteiger partial charge in [-0.05, 0) is 43.4 Å². The van der Waals surface area contributed by atoms with E-state index in [4.69, 9.17) is 4.74 Å². The number of halogens is 1. The number of ether oxygens (including phenoxy) is 1. The Hall–Kier alpha value is -1.62. The number of hydrogen-bond acceptors (Lipinski definition) is 3. The van der Waals surface area contributed by atoms with E-state index in [9.17, 15) is 9.18 Å². The summed E-state index contributed by atoms with van der Waals surface area (Å²) in [4.78, 5) is 14.4. The van der Waals surface area contributed by atoms with Crippen LogP contribution in [-0.2, 0) is 11.2 Å². The highest BCUT2D eigenvalue weighted by atomic mass is 19.1. The minimum atomic E-state index is -0.372. The van der Waals surface area contributed by atoms with Crippen molar-refractivity contribution in [3.63, 3.8) is 0 Å². The lowest BCUT2D eigenvalue weighted by Crippen LogP contribution is -2.39. The number of fused-ring (bicyclic) bond motifs is 2. The van der Waals surface area contributed by atoms with Crippen molar-refractivity contribution in [2.24, 2.45) is 0 Å². The predicted molar refractivity (Wildman–Crippen MR) is 82.4 cm³/mol. The third-order valence-corrected chi connectivity index (χ3v) is 4.72. The second-order valence-corrected chi connectivity index (χ2v) is 6.24. The van der Waals surface area contributed by atoms with Crippen LogP contribution in [-0.4, -0.2) is 43.1 Å². The highest BCUT2D eigenvalue weighted by Gasteiger charge is 2.30. The highest BCUT2D eigenvalue weighted by molar-refractivity contribution is 5.76. The normalized spacial score (nSPS) is 24.2. The monoisotopic (exact) mass is 306 g/mol. The zero-order chi connectivity index (χ0) is 15.5. The SMILES string of the molecule is COc1ccc(CCC(=O)N2CCC3CCC(C2)N3)cc1F. The minimum Gasteiger partial charge on any atom is -0.494 e. The summed E-state index contributed by atoms with van der Waals surface area (Å²) < 4.78 is 18.6. The zero-order valence-electron chi connectivity index (χ0n) is 13.0. The lowest BCUT2D eigenvalue weighted by atomic mass is 10.1. The topological polar surface area (TPSA) is 41.6 Å². The molecule has 2 aliphatic heterocycles.